The number of hydrogen-bond donors (Lipinski definition) is 1. The maximum Gasteiger partial charge on any atom is 0.419 e. The van der Waals surface area contributed by atoms with E-state index in [4.69, 9.17) is 9.47 Å². The third kappa shape index (κ3) is 3.78. The lowest BCUT2D eigenvalue weighted by Gasteiger charge is -2.19. The molecule has 1 aromatic carbocycles. The second-order valence-corrected chi connectivity index (χ2v) is 4.08. The number of ether oxygens (including phenoxy) is 2. The highest BCUT2D eigenvalue weighted by Gasteiger charge is 2.34. The molecule has 1 aliphatic heterocycles. The van der Waals surface area contributed by atoms with E-state index < -0.39 is 23.6 Å². The Morgan fingerprint density at radius 3 is 2.57 bits per heavy atom. The van der Waals surface area contributed by atoms with Crippen LogP contribution in [0.25, 0.3) is 0 Å². The Balaban J connectivity index is 2.19. The predicted octanol–water partition coefficient (Wildman–Crippen LogP) is 3.15. The average molecular weight is 332 g/mol. The van der Waals surface area contributed by atoms with Crippen LogP contribution in [-0.2, 0) is 20.4 Å². The largest absolute Gasteiger partial charge is 0.464 e. The van der Waals surface area contributed by atoms with E-state index in [2.05, 4.69) is 0 Å². The Morgan fingerprint density at radius 2 is 2.00 bits per heavy atom. The van der Waals surface area contributed by atoms with Crippen LogP contribution in [0.2, 0.25) is 0 Å². The lowest BCUT2D eigenvalue weighted by atomic mass is 10.2. The van der Waals surface area contributed by atoms with Crippen LogP contribution < -0.4 is 5.32 Å². The Hall–Kier alpha value is -3.04. The van der Waals surface area contributed by atoms with Crippen LogP contribution in [0.4, 0.5) is 28.0 Å². The van der Waals surface area contributed by atoms with Crippen molar-refractivity contribution in [1.82, 2.24) is 4.90 Å². The van der Waals surface area contributed by atoms with E-state index in [1.807, 2.05) is 5.32 Å². The van der Waals surface area contributed by atoms with Crippen molar-refractivity contribution >= 4 is 18.1 Å². The van der Waals surface area contributed by atoms with Crippen LogP contribution in [0.15, 0.2) is 42.9 Å². The van der Waals surface area contributed by atoms with Gasteiger partial charge < -0.3 is 14.8 Å². The molecule has 1 aromatic rings. The van der Waals surface area contributed by atoms with Crippen LogP contribution in [0.3, 0.4) is 0 Å². The standard InChI is InChI=1S/C13H8F4N2O4/c14-10-2-1-8(5-9(10)13(15,16)17)18-12(21)19(7-20)11-6-22-3-4-23-11/h1-7H,(H,18,21). The number of nitrogens with zero attached hydrogens (tertiary/aromatic N) is 1. The first-order valence-electron chi connectivity index (χ1n) is 5.92. The van der Waals surface area contributed by atoms with Gasteiger partial charge in [-0.3, -0.25) is 4.79 Å². The van der Waals surface area contributed by atoms with E-state index in [9.17, 15) is 27.2 Å². The fourth-order valence-electron chi connectivity index (χ4n) is 1.57. The lowest BCUT2D eigenvalue weighted by molar-refractivity contribution is -0.140. The molecule has 0 saturated heterocycles. The Labute approximate surface area is 126 Å². The zero-order chi connectivity index (χ0) is 17.0. The summed E-state index contributed by atoms with van der Waals surface area (Å²) in [5.74, 6) is -1.79. The summed E-state index contributed by atoms with van der Waals surface area (Å²) in [4.78, 5) is 23.3. The highest BCUT2D eigenvalue weighted by atomic mass is 19.4. The van der Waals surface area contributed by atoms with Crippen LogP contribution >= 0.6 is 0 Å². The van der Waals surface area contributed by atoms with Gasteiger partial charge in [0.15, 0.2) is 6.26 Å². The molecule has 2 rings (SSSR count). The summed E-state index contributed by atoms with van der Waals surface area (Å²) in [6.07, 6.45) is -1.76. The summed E-state index contributed by atoms with van der Waals surface area (Å²) in [7, 11) is 0. The van der Waals surface area contributed by atoms with Gasteiger partial charge in [-0.2, -0.15) is 13.2 Å². The smallest absolute Gasteiger partial charge is 0.419 e. The number of benzene rings is 1. The van der Waals surface area contributed by atoms with Gasteiger partial charge in [0.05, 0.1) is 5.56 Å². The molecule has 6 nitrogen and oxygen atoms in total. The van der Waals surface area contributed by atoms with E-state index in [1.165, 1.54) is 0 Å². The molecule has 0 spiro atoms. The third-order valence-corrected chi connectivity index (χ3v) is 2.58. The molecule has 23 heavy (non-hydrogen) atoms. The maximum atomic E-state index is 13.2. The van der Waals surface area contributed by atoms with Crippen LogP contribution in [-0.4, -0.2) is 17.3 Å². The quantitative estimate of drug-likeness (QED) is 0.682. The number of carbonyl (C=O) groups is 2. The van der Waals surface area contributed by atoms with E-state index in [0.717, 1.165) is 24.9 Å². The molecule has 0 saturated carbocycles. The molecule has 10 heteroatoms. The molecule has 0 unspecified atom stereocenters. The van der Waals surface area contributed by atoms with Crippen molar-refractivity contribution in [3.05, 3.63) is 54.2 Å². The topological polar surface area (TPSA) is 67.9 Å². The van der Waals surface area contributed by atoms with Gasteiger partial charge in [0.1, 0.15) is 18.3 Å². The Kier molecular flexibility index (Phi) is 4.53. The summed E-state index contributed by atoms with van der Waals surface area (Å²) in [5.41, 5.74) is -1.91. The zero-order valence-electron chi connectivity index (χ0n) is 11.1. The first-order chi connectivity index (χ1) is 10.8. The third-order valence-electron chi connectivity index (χ3n) is 2.58. The van der Waals surface area contributed by atoms with Crippen molar-refractivity contribution < 1.29 is 36.6 Å². The molecule has 3 amide bonds. The second-order valence-electron chi connectivity index (χ2n) is 4.08. The molecule has 1 N–H and O–H groups in total. The molecule has 0 bridgehead atoms. The van der Waals surface area contributed by atoms with Gasteiger partial charge in [-0.15, -0.1) is 0 Å². The number of rotatable bonds is 3. The van der Waals surface area contributed by atoms with Gasteiger partial charge in [0.2, 0.25) is 12.3 Å². The summed E-state index contributed by atoms with van der Waals surface area (Å²) < 4.78 is 60.5. The molecule has 0 fully saturated rings. The molecular formula is C13H8F4N2O4. The molecular weight excluding hydrogens is 324 g/mol. The second kappa shape index (κ2) is 6.38. The fourth-order valence-corrected chi connectivity index (χ4v) is 1.57. The molecule has 1 heterocycles. The van der Waals surface area contributed by atoms with E-state index >= 15 is 0 Å². The number of carbonyl (C=O) groups excluding carboxylic acids is 2. The number of nitrogens with one attached hydrogen (secondary N) is 1. The summed E-state index contributed by atoms with van der Waals surface area (Å²) in [5, 5.41) is 2.02. The highest BCUT2D eigenvalue weighted by molar-refractivity contribution is 5.96. The van der Waals surface area contributed by atoms with Crippen molar-refractivity contribution in [2.45, 2.75) is 6.18 Å². The normalized spacial score (nSPS) is 13.5. The summed E-state index contributed by atoms with van der Waals surface area (Å²) >= 11 is 0. The van der Waals surface area contributed by atoms with Gasteiger partial charge in [-0.05, 0) is 18.2 Å². The van der Waals surface area contributed by atoms with Gasteiger partial charge in [-0.25, -0.2) is 14.1 Å². The summed E-state index contributed by atoms with van der Waals surface area (Å²) in [6, 6.07) is 0.747. The number of urea groups is 1. The van der Waals surface area contributed by atoms with Crippen LogP contribution in [0.5, 0.6) is 0 Å². The number of imide groups is 1. The van der Waals surface area contributed by atoms with E-state index in [1.54, 1.807) is 0 Å². The van der Waals surface area contributed by atoms with Crippen molar-refractivity contribution in [2.75, 3.05) is 5.32 Å². The maximum absolute atomic E-state index is 13.2. The van der Waals surface area contributed by atoms with Gasteiger partial charge >= 0.3 is 12.2 Å². The Morgan fingerprint density at radius 1 is 1.26 bits per heavy atom. The lowest BCUT2D eigenvalue weighted by Crippen LogP contribution is -2.34. The molecule has 122 valence electrons. The number of alkyl halides is 3. The van der Waals surface area contributed by atoms with Gasteiger partial charge in [0, 0.05) is 5.69 Å². The van der Waals surface area contributed by atoms with Crippen molar-refractivity contribution in [2.24, 2.45) is 0 Å². The zero-order valence-corrected chi connectivity index (χ0v) is 11.1. The average Bonchev–Trinajstić information content (AvgIpc) is 2.50. The van der Waals surface area contributed by atoms with Gasteiger partial charge in [0.25, 0.3) is 0 Å². The van der Waals surface area contributed by atoms with E-state index in [-0.39, 0.29) is 18.0 Å². The molecule has 1 aliphatic rings. The van der Waals surface area contributed by atoms with E-state index in [0.29, 0.717) is 17.0 Å². The van der Waals surface area contributed by atoms with Crippen LogP contribution in [0, 0.1) is 5.82 Å². The Bertz CT molecular complexity index is 685. The first-order valence-corrected chi connectivity index (χ1v) is 5.92. The SMILES string of the molecule is O=CN(C(=O)Nc1ccc(F)c(C(F)(F)F)c1)C1=COC=CO1. The van der Waals surface area contributed by atoms with Crippen molar-refractivity contribution in [1.29, 1.82) is 0 Å². The van der Waals surface area contributed by atoms with Crippen molar-refractivity contribution in [3.8, 4) is 0 Å². The monoisotopic (exact) mass is 332 g/mol. The number of halogens is 4. The van der Waals surface area contributed by atoms with Crippen LogP contribution in [0.1, 0.15) is 5.56 Å². The van der Waals surface area contributed by atoms with Gasteiger partial charge in [-0.1, -0.05) is 0 Å². The fraction of sp³-hybridized carbons (Fsp3) is 0.0769. The molecule has 0 radical (unpaired) electrons. The minimum atomic E-state index is -4.93. The summed E-state index contributed by atoms with van der Waals surface area (Å²) in [6.45, 7) is 0. The van der Waals surface area contributed by atoms with Crippen molar-refractivity contribution in [3.63, 3.8) is 0 Å². The predicted molar refractivity (Wildman–Crippen MR) is 67.7 cm³/mol. The molecule has 0 aromatic heterocycles. The first kappa shape index (κ1) is 16.3. The minimum absolute atomic E-state index is 0.0673. The highest BCUT2D eigenvalue weighted by Crippen LogP contribution is 2.33. The molecule has 0 atom stereocenters. The number of anilines is 1. The number of amides is 3. The molecule has 0 aliphatic carbocycles. The minimum Gasteiger partial charge on any atom is -0.464 e. The number of hydrogen-bond acceptors (Lipinski definition) is 4.